The molecular formula is C12H20N2O3. The van der Waals surface area contributed by atoms with E-state index in [2.05, 4.69) is 5.32 Å². The summed E-state index contributed by atoms with van der Waals surface area (Å²) in [6, 6.07) is 0. The number of hydrogen-bond donors (Lipinski definition) is 3. The van der Waals surface area contributed by atoms with Crippen molar-refractivity contribution in [3.05, 3.63) is 0 Å². The fourth-order valence-electron chi connectivity index (χ4n) is 2.45. The van der Waals surface area contributed by atoms with Crippen molar-refractivity contribution in [1.29, 1.82) is 0 Å². The van der Waals surface area contributed by atoms with Gasteiger partial charge < -0.3 is 16.2 Å². The maximum absolute atomic E-state index is 12.0. The summed E-state index contributed by atoms with van der Waals surface area (Å²) in [7, 11) is 0. The average Bonchev–Trinajstić information content (AvgIpc) is 3.08. The van der Waals surface area contributed by atoms with Gasteiger partial charge in [0, 0.05) is 6.54 Å². The molecule has 5 nitrogen and oxygen atoms in total. The van der Waals surface area contributed by atoms with Crippen LogP contribution in [-0.4, -0.2) is 29.1 Å². The summed E-state index contributed by atoms with van der Waals surface area (Å²) < 4.78 is 0. The van der Waals surface area contributed by atoms with Crippen molar-refractivity contribution < 1.29 is 14.7 Å². The summed E-state index contributed by atoms with van der Waals surface area (Å²) in [4.78, 5) is 23.0. The van der Waals surface area contributed by atoms with Crippen LogP contribution in [0.25, 0.3) is 0 Å². The summed E-state index contributed by atoms with van der Waals surface area (Å²) in [6.07, 6.45) is 5.81. The molecule has 4 N–H and O–H groups in total. The molecule has 2 saturated carbocycles. The van der Waals surface area contributed by atoms with E-state index in [0.29, 0.717) is 25.7 Å². The van der Waals surface area contributed by atoms with Gasteiger partial charge in [0.25, 0.3) is 0 Å². The van der Waals surface area contributed by atoms with Crippen LogP contribution in [0, 0.1) is 5.41 Å². The highest BCUT2D eigenvalue weighted by atomic mass is 16.4. The summed E-state index contributed by atoms with van der Waals surface area (Å²) in [5.74, 6) is -0.989. The molecule has 0 aromatic heterocycles. The van der Waals surface area contributed by atoms with Crippen LogP contribution in [0.1, 0.15) is 44.9 Å². The lowest BCUT2D eigenvalue weighted by Gasteiger charge is -2.32. The molecule has 0 aromatic carbocycles. The van der Waals surface area contributed by atoms with E-state index in [1.54, 1.807) is 0 Å². The lowest BCUT2D eigenvalue weighted by molar-refractivity contribution is -0.143. The first kappa shape index (κ1) is 12.4. The molecular weight excluding hydrogens is 220 g/mol. The van der Waals surface area contributed by atoms with Gasteiger partial charge in [0.1, 0.15) is 0 Å². The Kier molecular flexibility index (Phi) is 3.12. The van der Waals surface area contributed by atoms with E-state index in [1.807, 2.05) is 0 Å². The topological polar surface area (TPSA) is 92.4 Å². The molecule has 2 aliphatic carbocycles. The zero-order valence-corrected chi connectivity index (χ0v) is 10.00. The molecule has 2 aliphatic rings. The number of carbonyl (C=O) groups excluding carboxylic acids is 1. The standard InChI is InChI=1S/C12H20N2O3/c13-12(4-2-1-3-5-12)9(15)14-8-11(6-7-11)10(16)17/h1-8,13H2,(H,14,15)(H,16,17). The zero-order valence-electron chi connectivity index (χ0n) is 10.00. The summed E-state index contributed by atoms with van der Waals surface area (Å²) in [5.41, 5.74) is 4.59. The molecule has 0 aliphatic heterocycles. The molecule has 1 amide bonds. The quantitative estimate of drug-likeness (QED) is 0.672. The second kappa shape index (κ2) is 4.29. The minimum Gasteiger partial charge on any atom is -0.481 e. The van der Waals surface area contributed by atoms with E-state index in [-0.39, 0.29) is 12.5 Å². The Morgan fingerprint density at radius 2 is 1.71 bits per heavy atom. The van der Waals surface area contributed by atoms with Crippen LogP contribution in [0.4, 0.5) is 0 Å². The fraction of sp³-hybridized carbons (Fsp3) is 0.833. The first-order valence-corrected chi connectivity index (χ1v) is 6.29. The van der Waals surface area contributed by atoms with Crippen LogP contribution in [0.3, 0.4) is 0 Å². The van der Waals surface area contributed by atoms with Gasteiger partial charge in [0.05, 0.1) is 11.0 Å². The third-order valence-electron chi connectivity index (χ3n) is 4.09. The van der Waals surface area contributed by atoms with Crippen molar-refractivity contribution >= 4 is 11.9 Å². The Hall–Kier alpha value is -1.10. The second-order valence-electron chi connectivity index (χ2n) is 5.48. The number of rotatable bonds is 4. The van der Waals surface area contributed by atoms with Gasteiger partial charge in [-0.3, -0.25) is 9.59 Å². The highest BCUT2D eigenvalue weighted by molar-refractivity contribution is 5.87. The van der Waals surface area contributed by atoms with E-state index in [4.69, 9.17) is 10.8 Å². The van der Waals surface area contributed by atoms with Crippen LogP contribution in [0.5, 0.6) is 0 Å². The van der Waals surface area contributed by atoms with E-state index < -0.39 is 16.9 Å². The number of nitrogens with two attached hydrogens (primary N) is 1. The van der Waals surface area contributed by atoms with Crippen molar-refractivity contribution in [3.8, 4) is 0 Å². The van der Waals surface area contributed by atoms with Gasteiger partial charge in [-0.05, 0) is 25.7 Å². The van der Waals surface area contributed by atoms with Gasteiger partial charge in [-0.2, -0.15) is 0 Å². The Balaban J connectivity index is 1.87. The normalized spacial score (nSPS) is 25.0. The maximum atomic E-state index is 12.0. The van der Waals surface area contributed by atoms with Crippen molar-refractivity contribution in [2.24, 2.45) is 11.1 Å². The molecule has 0 unspecified atom stereocenters. The summed E-state index contributed by atoms with van der Waals surface area (Å²) >= 11 is 0. The number of carboxylic acid groups (broad SMARTS) is 1. The van der Waals surface area contributed by atoms with Crippen LogP contribution in [0.15, 0.2) is 0 Å². The van der Waals surface area contributed by atoms with Crippen molar-refractivity contribution in [2.75, 3.05) is 6.54 Å². The average molecular weight is 240 g/mol. The third kappa shape index (κ3) is 2.44. The van der Waals surface area contributed by atoms with Crippen LogP contribution in [0.2, 0.25) is 0 Å². The molecule has 0 radical (unpaired) electrons. The van der Waals surface area contributed by atoms with E-state index in [1.165, 1.54) is 0 Å². The highest BCUT2D eigenvalue weighted by Gasteiger charge is 2.51. The van der Waals surface area contributed by atoms with E-state index in [9.17, 15) is 9.59 Å². The smallest absolute Gasteiger partial charge is 0.311 e. The number of carboxylic acids is 1. The zero-order chi connectivity index (χ0) is 12.5. The molecule has 0 heterocycles. The molecule has 96 valence electrons. The van der Waals surface area contributed by atoms with Crippen LogP contribution < -0.4 is 11.1 Å². The largest absolute Gasteiger partial charge is 0.481 e. The van der Waals surface area contributed by atoms with Gasteiger partial charge in [-0.15, -0.1) is 0 Å². The van der Waals surface area contributed by atoms with Gasteiger partial charge in [0.2, 0.25) is 5.91 Å². The Morgan fingerprint density at radius 3 is 2.18 bits per heavy atom. The maximum Gasteiger partial charge on any atom is 0.311 e. The Morgan fingerprint density at radius 1 is 1.12 bits per heavy atom. The van der Waals surface area contributed by atoms with Crippen LogP contribution >= 0.6 is 0 Å². The predicted molar refractivity (Wildman–Crippen MR) is 62.3 cm³/mol. The fourth-order valence-corrected chi connectivity index (χ4v) is 2.45. The van der Waals surface area contributed by atoms with Gasteiger partial charge in [-0.1, -0.05) is 19.3 Å². The van der Waals surface area contributed by atoms with Crippen molar-refractivity contribution in [3.63, 3.8) is 0 Å². The molecule has 5 heteroatoms. The first-order valence-electron chi connectivity index (χ1n) is 6.29. The third-order valence-corrected chi connectivity index (χ3v) is 4.09. The lowest BCUT2D eigenvalue weighted by Crippen LogP contribution is -2.56. The van der Waals surface area contributed by atoms with E-state index >= 15 is 0 Å². The molecule has 2 rings (SSSR count). The highest BCUT2D eigenvalue weighted by Crippen LogP contribution is 2.45. The molecule has 17 heavy (non-hydrogen) atoms. The monoisotopic (exact) mass is 240 g/mol. The number of carbonyl (C=O) groups is 2. The Labute approximate surface area is 101 Å². The molecule has 0 spiro atoms. The molecule has 0 aromatic rings. The first-order chi connectivity index (χ1) is 7.99. The van der Waals surface area contributed by atoms with E-state index in [0.717, 1.165) is 19.3 Å². The van der Waals surface area contributed by atoms with Crippen LogP contribution in [-0.2, 0) is 9.59 Å². The summed E-state index contributed by atoms with van der Waals surface area (Å²) in [5, 5.41) is 11.7. The number of hydrogen-bond acceptors (Lipinski definition) is 3. The number of aliphatic carboxylic acids is 1. The number of nitrogens with one attached hydrogen (secondary N) is 1. The second-order valence-corrected chi connectivity index (χ2v) is 5.48. The van der Waals surface area contributed by atoms with Gasteiger partial charge in [0.15, 0.2) is 0 Å². The van der Waals surface area contributed by atoms with Crippen molar-refractivity contribution in [2.45, 2.75) is 50.5 Å². The van der Waals surface area contributed by atoms with Crippen molar-refractivity contribution in [1.82, 2.24) is 5.32 Å². The SMILES string of the molecule is NC1(C(=O)NCC2(C(=O)O)CC2)CCCCC1. The molecule has 0 saturated heterocycles. The minimum absolute atomic E-state index is 0.176. The molecule has 0 atom stereocenters. The lowest BCUT2D eigenvalue weighted by atomic mass is 9.82. The Bertz CT molecular complexity index is 331. The number of amides is 1. The summed E-state index contributed by atoms with van der Waals surface area (Å²) in [6.45, 7) is 0.222. The molecule has 0 bridgehead atoms. The minimum atomic E-state index is -0.812. The van der Waals surface area contributed by atoms with Gasteiger partial charge >= 0.3 is 5.97 Å². The predicted octanol–water partition coefficient (Wildman–Crippen LogP) is 0.629. The van der Waals surface area contributed by atoms with Gasteiger partial charge in [-0.25, -0.2) is 0 Å². The molecule has 2 fully saturated rings.